The molecular formula is C17H26N2O. The molecule has 110 valence electrons. The Balaban J connectivity index is 1.62. The van der Waals surface area contributed by atoms with Crippen LogP contribution in [0.25, 0.3) is 0 Å². The van der Waals surface area contributed by atoms with Crippen LogP contribution in [-0.4, -0.2) is 36.7 Å². The first-order valence-electron chi connectivity index (χ1n) is 7.95. The van der Waals surface area contributed by atoms with E-state index in [2.05, 4.69) is 41.4 Å². The third kappa shape index (κ3) is 4.05. The summed E-state index contributed by atoms with van der Waals surface area (Å²) in [6, 6.07) is 9.63. The predicted octanol–water partition coefficient (Wildman–Crippen LogP) is 2.55. The molecule has 1 aromatic carbocycles. The quantitative estimate of drug-likeness (QED) is 0.893. The van der Waals surface area contributed by atoms with Crippen molar-refractivity contribution in [2.75, 3.05) is 19.7 Å². The van der Waals surface area contributed by atoms with Gasteiger partial charge < -0.3 is 10.1 Å². The van der Waals surface area contributed by atoms with Crippen molar-refractivity contribution in [2.45, 2.75) is 51.4 Å². The van der Waals surface area contributed by atoms with Gasteiger partial charge in [-0.1, -0.05) is 24.3 Å². The Kier molecular flexibility index (Phi) is 4.71. The highest BCUT2D eigenvalue weighted by atomic mass is 16.5. The maximum Gasteiger partial charge on any atom is 0.0674 e. The normalized spacial score (nSPS) is 24.6. The van der Waals surface area contributed by atoms with Gasteiger partial charge in [0.15, 0.2) is 0 Å². The van der Waals surface area contributed by atoms with Crippen molar-refractivity contribution in [2.24, 2.45) is 0 Å². The van der Waals surface area contributed by atoms with E-state index in [0.717, 1.165) is 45.2 Å². The average Bonchev–Trinajstić information content (AvgIpc) is 3.27. The largest absolute Gasteiger partial charge is 0.377 e. The van der Waals surface area contributed by atoms with Crippen LogP contribution in [0.3, 0.4) is 0 Å². The second-order valence-corrected chi connectivity index (χ2v) is 6.19. The van der Waals surface area contributed by atoms with Crippen molar-refractivity contribution in [3.05, 3.63) is 35.4 Å². The van der Waals surface area contributed by atoms with Crippen LogP contribution in [0.4, 0.5) is 0 Å². The van der Waals surface area contributed by atoms with Crippen molar-refractivity contribution in [1.82, 2.24) is 10.2 Å². The molecule has 0 amide bonds. The van der Waals surface area contributed by atoms with Crippen LogP contribution in [0.15, 0.2) is 24.3 Å². The summed E-state index contributed by atoms with van der Waals surface area (Å²) in [6.45, 7) is 7.34. The smallest absolute Gasteiger partial charge is 0.0674 e. The first-order valence-corrected chi connectivity index (χ1v) is 7.95. The van der Waals surface area contributed by atoms with Crippen LogP contribution < -0.4 is 5.32 Å². The number of rotatable bonds is 5. The van der Waals surface area contributed by atoms with Gasteiger partial charge in [0.05, 0.1) is 6.10 Å². The summed E-state index contributed by atoms with van der Waals surface area (Å²) in [5, 5.41) is 3.63. The van der Waals surface area contributed by atoms with Crippen LogP contribution >= 0.6 is 0 Å². The number of ether oxygens (including phenoxy) is 1. The number of nitrogens with one attached hydrogen (secondary N) is 1. The first kappa shape index (κ1) is 14.1. The Labute approximate surface area is 122 Å². The molecule has 1 aliphatic carbocycles. The fourth-order valence-electron chi connectivity index (χ4n) is 2.89. The number of hydrogen-bond acceptors (Lipinski definition) is 3. The molecule has 0 radical (unpaired) electrons. The molecule has 3 nitrogen and oxygen atoms in total. The van der Waals surface area contributed by atoms with Gasteiger partial charge >= 0.3 is 0 Å². The third-order valence-electron chi connectivity index (χ3n) is 4.21. The van der Waals surface area contributed by atoms with Crippen molar-refractivity contribution in [1.29, 1.82) is 0 Å². The summed E-state index contributed by atoms with van der Waals surface area (Å²) in [4.78, 5) is 2.54. The fraction of sp³-hybridized carbons (Fsp3) is 0.647. The minimum Gasteiger partial charge on any atom is -0.377 e. The molecule has 1 aromatic rings. The van der Waals surface area contributed by atoms with E-state index in [-0.39, 0.29) is 0 Å². The summed E-state index contributed by atoms with van der Waals surface area (Å²) >= 11 is 0. The Morgan fingerprint density at radius 3 is 2.85 bits per heavy atom. The standard InChI is InChI=1S/C17H26N2O/c1-14-12-19(9-4-10-20-14)13-16-6-3-2-5-15(16)11-18-17-7-8-17/h2-3,5-6,14,17-18H,4,7-13H2,1H3. The molecule has 3 heteroatoms. The van der Waals surface area contributed by atoms with Crippen LogP contribution in [0.1, 0.15) is 37.3 Å². The van der Waals surface area contributed by atoms with Gasteiger partial charge in [-0.05, 0) is 37.3 Å². The van der Waals surface area contributed by atoms with Crippen molar-refractivity contribution in [3.63, 3.8) is 0 Å². The number of nitrogens with zero attached hydrogens (tertiary/aromatic N) is 1. The first-order chi connectivity index (χ1) is 9.81. The topological polar surface area (TPSA) is 24.5 Å². The SMILES string of the molecule is CC1CN(Cc2ccccc2CNC2CC2)CCCO1. The summed E-state index contributed by atoms with van der Waals surface area (Å²) in [6.07, 6.45) is 4.20. The zero-order valence-electron chi connectivity index (χ0n) is 12.5. The van der Waals surface area contributed by atoms with E-state index in [9.17, 15) is 0 Å². The van der Waals surface area contributed by atoms with Crippen molar-refractivity contribution in [3.8, 4) is 0 Å². The second-order valence-electron chi connectivity index (χ2n) is 6.19. The van der Waals surface area contributed by atoms with Gasteiger partial charge in [-0.15, -0.1) is 0 Å². The molecule has 0 bridgehead atoms. The van der Waals surface area contributed by atoms with Gasteiger partial charge in [-0.3, -0.25) is 4.90 Å². The summed E-state index contributed by atoms with van der Waals surface area (Å²) in [7, 11) is 0. The highest BCUT2D eigenvalue weighted by Gasteiger charge is 2.21. The van der Waals surface area contributed by atoms with E-state index in [1.807, 2.05) is 0 Å². The maximum atomic E-state index is 5.73. The summed E-state index contributed by atoms with van der Waals surface area (Å²) in [5.41, 5.74) is 2.92. The van der Waals surface area contributed by atoms with Crippen LogP contribution in [-0.2, 0) is 17.8 Å². The van der Waals surface area contributed by atoms with Crippen LogP contribution in [0, 0.1) is 0 Å². The van der Waals surface area contributed by atoms with E-state index in [1.165, 1.54) is 24.0 Å². The third-order valence-corrected chi connectivity index (χ3v) is 4.21. The summed E-state index contributed by atoms with van der Waals surface area (Å²) < 4.78 is 5.73. The Bertz CT molecular complexity index is 431. The van der Waals surface area contributed by atoms with Crippen molar-refractivity contribution >= 4 is 0 Å². The Morgan fingerprint density at radius 1 is 1.25 bits per heavy atom. The van der Waals surface area contributed by atoms with E-state index >= 15 is 0 Å². The van der Waals surface area contributed by atoms with Crippen LogP contribution in [0.5, 0.6) is 0 Å². The van der Waals surface area contributed by atoms with Gasteiger partial charge in [0, 0.05) is 38.8 Å². The highest BCUT2D eigenvalue weighted by Crippen LogP contribution is 2.20. The minimum atomic E-state index is 0.356. The molecule has 2 aliphatic rings. The lowest BCUT2D eigenvalue weighted by atomic mass is 10.1. The lowest BCUT2D eigenvalue weighted by Gasteiger charge is -2.23. The van der Waals surface area contributed by atoms with Gasteiger partial charge in [0.2, 0.25) is 0 Å². The monoisotopic (exact) mass is 274 g/mol. The lowest BCUT2D eigenvalue weighted by molar-refractivity contribution is 0.0667. The zero-order valence-corrected chi connectivity index (χ0v) is 12.5. The van der Waals surface area contributed by atoms with Gasteiger partial charge in [-0.2, -0.15) is 0 Å². The molecule has 1 heterocycles. The molecule has 0 aromatic heterocycles. The molecule has 2 fully saturated rings. The summed E-state index contributed by atoms with van der Waals surface area (Å²) in [5.74, 6) is 0. The Morgan fingerprint density at radius 2 is 2.05 bits per heavy atom. The average molecular weight is 274 g/mol. The van der Waals surface area contributed by atoms with Gasteiger partial charge in [-0.25, -0.2) is 0 Å². The number of benzene rings is 1. The molecule has 0 spiro atoms. The zero-order chi connectivity index (χ0) is 13.8. The molecule has 1 N–H and O–H groups in total. The molecular weight excluding hydrogens is 248 g/mol. The van der Waals surface area contributed by atoms with E-state index < -0.39 is 0 Å². The molecule has 1 saturated heterocycles. The van der Waals surface area contributed by atoms with Gasteiger partial charge in [0.1, 0.15) is 0 Å². The molecule has 3 rings (SSSR count). The second kappa shape index (κ2) is 6.70. The highest BCUT2D eigenvalue weighted by molar-refractivity contribution is 5.27. The van der Waals surface area contributed by atoms with E-state index in [1.54, 1.807) is 0 Å². The Hall–Kier alpha value is -0.900. The maximum absolute atomic E-state index is 5.73. The van der Waals surface area contributed by atoms with E-state index in [4.69, 9.17) is 4.74 Å². The molecule has 20 heavy (non-hydrogen) atoms. The molecule has 1 saturated carbocycles. The fourth-order valence-corrected chi connectivity index (χ4v) is 2.89. The molecule has 1 aliphatic heterocycles. The predicted molar refractivity (Wildman–Crippen MR) is 81.6 cm³/mol. The van der Waals surface area contributed by atoms with Crippen molar-refractivity contribution < 1.29 is 4.74 Å². The molecule has 1 unspecified atom stereocenters. The van der Waals surface area contributed by atoms with Gasteiger partial charge in [0.25, 0.3) is 0 Å². The minimum absolute atomic E-state index is 0.356. The van der Waals surface area contributed by atoms with E-state index in [0.29, 0.717) is 6.10 Å². The molecule has 1 atom stereocenters. The van der Waals surface area contributed by atoms with Crippen LogP contribution in [0.2, 0.25) is 0 Å². The lowest BCUT2D eigenvalue weighted by Crippen LogP contribution is -2.30. The number of hydrogen-bond donors (Lipinski definition) is 1.